The van der Waals surface area contributed by atoms with Gasteiger partial charge in [0.25, 0.3) is 0 Å². The van der Waals surface area contributed by atoms with Gasteiger partial charge in [-0.25, -0.2) is 4.39 Å². The molecule has 1 aromatic carbocycles. The minimum Gasteiger partial charge on any atom is -0.496 e. The molecule has 72 valence electrons. The summed E-state index contributed by atoms with van der Waals surface area (Å²) in [7, 11) is 1.48. The van der Waals surface area contributed by atoms with Gasteiger partial charge < -0.3 is 9.84 Å². The van der Waals surface area contributed by atoms with Crippen molar-refractivity contribution < 1.29 is 14.2 Å². The Morgan fingerprint density at radius 2 is 2.23 bits per heavy atom. The van der Waals surface area contributed by atoms with Crippen LogP contribution in [0.15, 0.2) is 12.1 Å². The number of hydrogen-bond acceptors (Lipinski definition) is 2. The predicted molar refractivity (Wildman–Crippen MR) is 48.8 cm³/mol. The van der Waals surface area contributed by atoms with Crippen LogP contribution in [0, 0.1) is 5.82 Å². The number of aliphatic hydroxyl groups excluding tert-OH is 1. The van der Waals surface area contributed by atoms with Gasteiger partial charge in [-0.3, -0.25) is 0 Å². The fourth-order valence-electron chi connectivity index (χ4n) is 1.11. The summed E-state index contributed by atoms with van der Waals surface area (Å²) in [6.45, 7) is -0.0838. The van der Waals surface area contributed by atoms with Gasteiger partial charge >= 0.3 is 0 Å². The summed E-state index contributed by atoms with van der Waals surface area (Å²) in [6, 6.07) is 2.73. The quantitative estimate of drug-likeness (QED) is 0.817. The first kappa shape index (κ1) is 10.3. The topological polar surface area (TPSA) is 29.5 Å². The van der Waals surface area contributed by atoms with E-state index in [0.29, 0.717) is 17.7 Å². The second kappa shape index (κ2) is 4.44. The maximum Gasteiger partial charge on any atom is 0.142 e. The van der Waals surface area contributed by atoms with E-state index >= 15 is 0 Å². The summed E-state index contributed by atoms with van der Waals surface area (Å²) in [6.07, 6.45) is 0.291. The van der Waals surface area contributed by atoms with Crippen LogP contribution in [0.4, 0.5) is 4.39 Å². The molecule has 13 heavy (non-hydrogen) atoms. The van der Waals surface area contributed by atoms with Gasteiger partial charge in [0.05, 0.1) is 12.1 Å². The Kier molecular flexibility index (Phi) is 3.51. The Morgan fingerprint density at radius 3 is 2.77 bits per heavy atom. The average molecular weight is 205 g/mol. The van der Waals surface area contributed by atoms with Gasteiger partial charge in [0.1, 0.15) is 11.6 Å². The van der Waals surface area contributed by atoms with Crippen molar-refractivity contribution in [1.29, 1.82) is 0 Å². The van der Waals surface area contributed by atoms with Crippen LogP contribution >= 0.6 is 11.6 Å². The summed E-state index contributed by atoms with van der Waals surface area (Å²) in [4.78, 5) is 0. The maximum absolute atomic E-state index is 12.9. The van der Waals surface area contributed by atoms with Crippen LogP contribution in [0.5, 0.6) is 5.75 Å². The SMILES string of the molecule is COc1ccc(F)c(Cl)c1CCO. The minimum absolute atomic E-state index is 0.0217. The highest BCUT2D eigenvalue weighted by Crippen LogP contribution is 2.29. The van der Waals surface area contributed by atoms with Crippen LogP contribution in [-0.2, 0) is 6.42 Å². The first-order valence-electron chi connectivity index (χ1n) is 3.82. The molecule has 0 saturated carbocycles. The Balaban J connectivity index is 3.15. The smallest absolute Gasteiger partial charge is 0.142 e. The van der Waals surface area contributed by atoms with E-state index in [1.807, 2.05) is 0 Å². The number of methoxy groups -OCH3 is 1. The van der Waals surface area contributed by atoms with Crippen LogP contribution in [0.25, 0.3) is 0 Å². The third-order valence-corrected chi connectivity index (χ3v) is 2.14. The van der Waals surface area contributed by atoms with E-state index in [9.17, 15) is 4.39 Å². The molecule has 0 spiro atoms. The lowest BCUT2D eigenvalue weighted by atomic mass is 10.1. The molecular formula is C9H10ClFO2. The highest BCUT2D eigenvalue weighted by molar-refractivity contribution is 6.31. The zero-order chi connectivity index (χ0) is 9.84. The standard InChI is InChI=1S/C9H10ClFO2/c1-13-8-3-2-7(11)9(10)6(8)4-5-12/h2-3,12H,4-5H2,1H3. The lowest BCUT2D eigenvalue weighted by Crippen LogP contribution is -1.98. The van der Waals surface area contributed by atoms with Crippen molar-refractivity contribution in [1.82, 2.24) is 0 Å². The number of rotatable bonds is 3. The largest absolute Gasteiger partial charge is 0.496 e. The van der Waals surface area contributed by atoms with E-state index in [2.05, 4.69) is 0 Å². The first-order chi connectivity index (χ1) is 6.20. The number of halogens is 2. The summed E-state index contributed by atoms with van der Waals surface area (Å²) in [5, 5.41) is 8.74. The Morgan fingerprint density at radius 1 is 1.54 bits per heavy atom. The van der Waals surface area contributed by atoms with Crippen molar-refractivity contribution in [3.05, 3.63) is 28.5 Å². The third kappa shape index (κ3) is 2.11. The average Bonchev–Trinajstić information content (AvgIpc) is 2.14. The first-order valence-corrected chi connectivity index (χ1v) is 4.20. The molecule has 1 N–H and O–H groups in total. The van der Waals surface area contributed by atoms with Crippen LogP contribution in [0.3, 0.4) is 0 Å². The Hall–Kier alpha value is -0.800. The lowest BCUT2D eigenvalue weighted by Gasteiger charge is -2.09. The molecule has 0 atom stereocenters. The molecule has 0 radical (unpaired) electrons. The molecule has 2 nitrogen and oxygen atoms in total. The van der Waals surface area contributed by atoms with Crippen molar-refractivity contribution in [2.45, 2.75) is 6.42 Å². The van der Waals surface area contributed by atoms with Gasteiger partial charge in [-0.1, -0.05) is 11.6 Å². The van der Waals surface area contributed by atoms with E-state index < -0.39 is 5.82 Å². The number of ether oxygens (including phenoxy) is 1. The molecule has 1 rings (SSSR count). The molecule has 0 amide bonds. The summed E-state index contributed by atoms with van der Waals surface area (Å²) in [5.41, 5.74) is 0.506. The molecule has 4 heteroatoms. The van der Waals surface area contributed by atoms with Crippen molar-refractivity contribution in [2.24, 2.45) is 0 Å². The second-order valence-corrected chi connectivity index (χ2v) is 2.89. The normalized spacial score (nSPS) is 10.2. The van der Waals surface area contributed by atoms with Crippen molar-refractivity contribution in [3.8, 4) is 5.75 Å². The zero-order valence-electron chi connectivity index (χ0n) is 7.18. The van der Waals surface area contributed by atoms with Gasteiger partial charge in [-0.2, -0.15) is 0 Å². The van der Waals surface area contributed by atoms with Gasteiger partial charge in [-0.15, -0.1) is 0 Å². The van der Waals surface area contributed by atoms with Crippen molar-refractivity contribution >= 4 is 11.6 Å². The fraction of sp³-hybridized carbons (Fsp3) is 0.333. The maximum atomic E-state index is 12.9. The van der Waals surface area contributed by atoms with Crippen molar-refractivity contribution in [3.63, 3.8) is 0 Å². The number of hydrogen-bond donors (Lipinski definition) is 1. The van der Waals surface area contributed by atoms with Crippen LogP contribution < -0.4 is 4.74 Å². The van der Waals surface area contributed by atoms with E-state index in [4.69, 9.17) is 21.4 Å². The zero-order valence-corrected chi connectivity index (χ0v) is 7.94. The highest BCUT2D eigenvalue weighted by Gasteiger charge is 2.11. The lowest BCUT2D eigenvalue weighted by molar-refractivity contribution is 0.296. The van der Waals surface area contributed by atoms with Crippen molar-refractivity contribution in [2.75, 3.05) is 13.7 Å². The van der Waals surface area contributed by atoms with Gasteiger partial charge in [0.2, 0.25) is 0 Å². The molecule has 0 saturated heterocycles. The molecule has 0 aliphatic carbocycles. The van der Waals surface area contributed by atoms with E-state index in [-0.39, 0.29) is 11.6 Å². The Labute approximate surface area is 80.9 Å². The molecule has 0 unspecified atom stereocenters. The van der Waals surface area contributed by atoms with Crippen LogP contribution in [0.1, 0.15) is 5.56 Å². The summed E-state index contributed by atoms with van der Waals surface area (Å²) < 4.78 is 17.9. The molecule has 0 fully saturated rings. The number of aliphatic hydroxyl groups is 1. The summed E-state index contributed by atoms with van der Waals surface area (Å²) >= 11 is 5.69. The highest BCUT2D eigenvalue weighted by atomic mass is 35.5. The van der Waals surface area contributed by atoms with Gasteiger partial charge in [0, 0.05) is 18.6 Å². The molecule has 0 heterocycles. The fourth-order valence-corrected chi connectivity index (χ4v) is 1.36. The van der Waals surface area contributed by atoms with E-state index in [0.717, 1.165) is 0 Å². The number of benzene rings is 1. The molecule has 0 bridgehead atoms. The van der Waals surface area contributed by atoms with Gasteiger partial charge in [0.15, 0.2) is 0 Å². The Bertz CT molecular complexity index is 302. The summed E-state index contributed by atoms with van der Waals surface area (Å²) in [5.74, 6) is 0.00590. The van der Waals surface area contributed by atoms with Crippen LogP contribution in [0.2, 0.25) is 5.02 Å². The van der Waals surface area contributed by atoms with E-state index in [1.165, 1.54) is 19.2 Å². The molecular weight excluding hydrogens is 195 g/mol. The third-order valence-electron chi connectivity index (χ3n) is 1.73. The molecule has 0 aliphatic heterocycles. The minimum atomic E-state index is -0.495. The van der Waals surface area contributed by atoms with E-state index in [1.54, 1.807) is 0 Å². The molecule has 1 aromatic rings. The molecule has 0 aromatic heterocycles. The molecule has 0 aliphatic rings. The predicted octanol–water partition coefficient (Wildman–Crippen LogP) is 2.02. The van der Waals surface area contributed by atoms with Crippen LogP contribution in [-0.4, -0.2) is 18.8 Å². The monoisotopic (exact) mass is 204 g/mol. The second-order valence-electron chi connectivity index (χ2n) is 2.52. The van der Waals surface area contributed by atoms with Gasteiger partial charge in [-0.05, 0) is 12.1 Å².